The third-order valence-electron chi connectivity index (χ3n) is 2.92. The molecule has 100 valence electrons. The van der Waals surface area contributed by atoms with Crippen molar-refractivity contribution < 1.29 is 19.1 Å². The summed E-state index contributed by atoms with van der Waals surface area (Å²) in [6.07, 6.45) is 0. The number of Topliss-reactive ketones (excluding diaryl/α,β-unsaturated/α-hetero) is 1. The van der Waals surface area contributed by atoms with Crippen LogP contribution in [-0.2, 0) is 4.79 Å². The van der Waals surface area contributed by atoms with E-state index in [-0.39, 0.29) is 17.1 Å². The van der Waals surface area contributed by atoms with Crippen molar-refractivity contribution in [2.24, 2.45) is 11.8 Å². The number of carboxylic acid groups (broad SMARTS) is 1. The van der Waals surface area contributed by atoms with Crippen LogP contribution in [0.4, 0.5) is 0 Å². The SMILES string of the molecule is CC(C)C(C(=O)O)C(=O)c1ccc2[nH]c(=O)oc2c1. The van der Waals surface area contributed by atoms with Crippen LogP contribution >= 0.6 is 0 Å². The van der Waals surface area contributed by atoms with Crippen molar-refractivity contribution >= 4 is 22.9 Å². The summed E-state index contributed by atoms with van der Waals surface area (Å²) in [6.45, 7) is 3.34. The fraction of sp³-hybridized carbons (Fsp3) is 0.308. The first kappa shape index (κ1) is 13.1. The largest absolute Gasteiger partial charge is 0.481 e. The van der Waals surface area contributed by atoms with Crippen molar-refractivity contribution in [1.29, 1.82) is 0 Å². The molecule has 2 N–H and O–H groups in total. The van der Waals surface area contributed by atoms with Gasteiger partial charge in [0.1, 0.15) is 5.92 Å². The fourth-order valence-corrected chi connectivity index (χ4v) is 1.98. The first-order valence-corrected chi connectivity index (χ1v) is 5.80. The summed E-state index contributed by atoms with van der Waals surface area (Å²) >= 11 is 0. The number of fused-ring (bicyclic) bond motifs is 1. The lowest BCUT2D eigenvalue weighted by molar-refractivity contribution is -0.141. The molecule has 1 aromatic heterocycles. The molecule has 6 heteroatoms. The van der Waals surface area contributed by atoms with E-state index in [1.165, 1.54) is 18.2 Å². The zero-order valence-electron chi connectivity index (χ0n) is 10.5. The van der Waals surface area contributed by atoms with Gasteiger partial charge < -0.3 is 9.52 Å². The van der Waals surface area contributed by atoms with Gasteiger partial charge in [-0.1, -0.05) is 13.8 Å². The van der Waals surface area contributed by atoms with Gasteiger partial charge in [0.25, 0.3) is 0 Å². The molecule has 1 heterocycles. The van der Waals surface area contributed by atoms with E-state index in [0.29, 0.717) is 5.52 Å². The molecular formula is C13H13NO5. The van der Waals surface area contributed by atoms with E-state index in [0.717, 1.165) is 0 Å². The van der Waals surface area contributed by atoms with Gasteiger partial charge in [-0.05, 0) is 24.1 Å². The molecule has 0 radical (unpaired) electrons. The number of carbonyl (C=O) groups is 2. The smallest absolute Gasteiger partial charge is 0.417 e. The maximum atomic E-state index is 12.2. The van der Waals surface area contributed by atoms with Gasteiger partial charge in [0.05, 0.1) is 5.52 Å². The Labute approximate surface area is 108 Å². The number of nitrogens with one attached hydrogen (secondary N) is 1. The number of carboxylic acids is 1. The highest BCUT2D eigenvalue weighted by atomic mass is 16.4. The Morgan fingerprint density at radius 3 is 2.58 bits per heavy atom. The zero-order valence-corrected chi connectivity index (χ0v) is 10.5. The summed E-state index contributed by atoms with van der Waals surface area (Å²) < 4.78 is 4.85. The summed E-state index contributed by atoms with van der Waals surface area (Å²) in [7, 11) is 0. The highest BCUT2D eigenvalue weighted by Crippen LogP contribution is 2.20. The number of aromatic nitrogens is 1. The minimum absolute atomic E-state index is 0.219. The number of H-pyrrole nitrogens is 1. The van der Waals surface area contributed by atoms with Gasteiger partial charge in [-0.2, -0.15) is 0 Å². The van der Waals surface area contributed by atoms with Crippen LogP contribution in [0.2, 0.25) is 0 Å². The lowest BCUT2D eigenvalue weighted by atomic mass is 9.88. The summed E-state index contributed by atoms with van der Waals surface area (Å²) in [5.74, 6) is -3.69. The molecule has 0 aliphatic rings. The molecular weight excluding hydrogens is 250 g/mol. The Morgan fingerprint density at radius 1 is 1.32 bits per heavy atom. The number of carbonyl (C=O) groups excluding carboxylic acids is 1. The Kier molecular flexibility index (Phi) is 3.25. The van der Waals surface area contributed by atoms with Gasteiger partial charge in [0.15, 0.2) is 11.4 Å². The van der Waals surface area contributed by atoms with Crippen LogP contribution in [0.25, 0.3) is 11.1 Å². The molecule has 6 nitrogen and oxygen atoms in total. The van der Waals surface area contributed by atoms with E-state index >= 15 is 0 Å². The van der Waals surface area contributed by atoms with Gasteiger partial charge in [-0.3, -0.25) is 14.6 Å². The van der Waals surface area contributed by atoms with Gasteiger partial charge >= 0.3 is 11.7 Å². The maximum absolute atomic E-state index is 12.2. The standard InChI is InChI=1S/C13H13NO5/c1-6(2)10(12(16)17)11(15)7-3-4-8-9(5-7)19-13(18)14-8/h3-6,10H,1-2H3,(H,14,18)(H,16,17). The summed E-state index contributed by atoms with van der Waals surface area (Å²) in [5.41, 5.74) is 0.929. The second-order valence-corrected chi connectivity index (χ2v) is 4.65. The summed E-state index contributed by atoms with van der Waals surface area (Å²) in [5, 5.41) is 9.09. The lowest BCUT2D eigenvalue weighted by Gasteiger charge is -2.14. The number of hydrogen-bond donors (Lipinski definition) is 2. The molecule has 2 aromatic rings. The molecule has 2 rings (SSSR count). The van der Waals surface area contributed by atoms with Gasteiger partial charge in [-0.25, -0.2) is 4.79 Å². The minimum Gasteiger partial charge on any atom is -0.481 e. The molecule has 0 bridgehead atoms. The van der Waals surface area contributed by atoms with Crippen LogP contribution < -0.4 is 5.76 Å². The summed E-state index contributed by atoms with van der Waals surface area (Å²) in [4.78, 5) is 36.8. The predicted octanol–water partition coefficient (Wildman–Crippen LogP) is 1.66. The van der Waals surface area contributed by atoms with Gasteiger partial charge in [0, 0.05) is 5.56 Å². The monoisotopic (exact) mass is 263 g/mol. The highest BCUT2D eigenvalue weighted by molar-refractivity contribution is 6.09. The first-order chi connectivity index (χ1) is 8.90. The van der Waals surface area contributed by atoms with Gasteiger partial charge in [0.2, 0.25) is 0 Å². The van der Waals surface area contributed by atoms with Crippen molar-refractivity contribution in [3.63, 3.8) is 0 Å². The van der Waals surface area contributed by atoms with Crippen LogP contribution in [0, 0.1) is 11.8 Å². The lowest BCUT2D eigenvalue weighted by Crippen LogP contribution is -2.28. The molecule has 19 heavy (non-hydrogen) atoms. The maximum Gasteiger partial charge on any atom is 0.417 e. The molecule has 0 saturated heterocycles. The van der Waals surface area contributed by atoms with E-state index in [1.54, 1.807) is 13.8 Å². The number of hydrogen-bond acceptors (Lipinski definition) is 4. The van der Waals surface area contributed by atoms with Crippen molar-refractivity contribution in [1.82, 2.24) is 4.98 Å². The number of rotatable bonds is 4. The Bertz CT molecular complexity index is 694. The van der Waals surface area contributed by atoms with Gasteiger partial charge in [-0.15, -0.1) is 0 Å². The minimum atomic E-state index is -1.16. The quantitative estimate of drug-likeness (QED) is 0.645. The fourth-order valence-electron chi connectivity index (χ4n) is 1.98. The molecule has 0 spiro atoms. The molecule has 0 aliphatic carbocycles. The molecule has 0 aliphatic heterocycles. The van der Waals surface area contributed by atoms with E-state index in [2.05, 4.69) is 4.98 Å². The molecule has 1 aromatic carbocycles. The first-order valence-electron chi connectivity index (χ1n) is 5.80. The van der Waals surface area contributed by atoms with Crippen molar-refractivity contribution in [3.05, 3.63) is 34.3 Å². The third-order valence-corrected chi connectivity index (χ3v) is 2.92. The van der Waals surface area contributed by atoms with E-state index in [9.17, 15) is 14.4 Å². The highest BCUT2D eigenvalue weighted by Gasteiger charge is 2.30. The van der Waals surface area contributed by atoms with Crippen LogP contribution in [0.3, 0.4) is 0 Å². The molecule has 1 unspecified atom stereocenters. The zero-order chi connectivity index (χ0) is 14.2. The van der Waals surface area contributed by atoms with Crippen molar-refractivity contribution in [3.8, 4) is 0 Å². The topological polar surface area (TPSA) is 100 Å². The third kappa shape index (κ3) is 2.42. The Morgan fingerprint density at radius 2 is 2.00 bits per heavy atom. The van der Waals surface area contributed by atoms with Crippen molar-refractivity contribution in [2.45, 2.75) is 13.8 Å². The van der Waals surface area contributed by atoms with Crippen LogP contribution in [0.5, 0.6) is 0 Å². The Balaban J connectivity index is 2.45. The normalized spacial score (nSPS) is 12.8. The molecule has 1 atom stereocenters. The van der Waals surface area contributed by atoms with Crippen LogP contribution in [0.15, 0.2) is 27.4 Å². The number of ketones is 1. The van der Waals surface area contributed by atoms with Crippen LogP contribution in [-0.4, -0.2) is 21.8 Å². The number of benzene rings is 1. The number of aliphatic carboxylic acids is 1. The van der Waals surface area contributed by atoms with Crippen LogP contribution in [0.1, 0.15) is 24.2 Å². The van der Waals surface area contributed by atoms with E-state index in [4.69, 9.17) is 9.52 Å². The number of aromatic amines is 1. The second-order valence-electron chi connectivity index (χ2n) is 4.65. The van der Waals surface area contributed by atoms with Crippen molar-refractivity contribution in [2.75, 3.05) is 0 Å². The average Bonchev–Trinajstić information content (AvgIpc) is 2.66. The molecule has 0 saturated carbocycles. The second kappa shape index (κ2) is 4.72. The average molecular weight is 263 g/mol. The summed E-state index contributed by atoms with van der Waals surface area (Å²) in [6, 6.07) is 4.38. The molecule has 0 fully saturated rings. The number of oxazole rings is 1. The van der Waals surface area contributed by atoms with E-state index < -0.39 is 23.4 Å². The Hall–Kier alpha value is -2.37. The molecule has 0 amide bonds. The van der Waals surface area contributed by atoms with E-state index in [1.807, 2.05) is 0 Å². The predicted molar refractivity (Wildman–Crippen MR) is 67.1 cm³/mol.